The molecule has 1 atom stereocenters. The lowest BCUT2D eigenvalue weighted by atomic mass is 10.2. The van der Waals surface area contributed by atoms with Crippen molar-refractivity contribution in [2.45, 2.75) is 17.4 Å². The topological polar surface area (TPSA) is 67.2 Å². The number of nitrogens with zero attached hydrogens (tertiary/aromatic N) is 3. The zero-order chi connectivity index (χ0) is 20.7. The van der Waals surface area contributed by atoms with E-state index in [1.165, 1.54) is 11.3 Å². The molecular weight excluding hydrogens is 440 g/mol. The SMILES string of the molecule is O=S(=O)(Nc1nccs1)c1ccc(N2CC[C@H](n3ccc4c(Cl)cccc43)C2)cc1.[HH]. The van der Waals surface area contributed by atoms with Gasteiger partial charge in [-0.1, -0.05) is 17.7 Å². The number of hydrogen-bond acceptors (Lipinski definition) is 5. The quantitative estimate of drug-likeness (QED) is 0.441. The first-order valence-corrected chi connectivity index (χ1v) is 12.3. The summed E-state index contributed by atoms with van der Waals surface area (Å²) >= 11 is 7.56. The maximum Gasteiger partial charge on any atom is 0.263 e. The van der Waals surface area contributed by atoms with E-state index in [0.717, 1.165) is 41.1 Å². The molecule has 1 aliphatic heterocycles. The van der Waals surface area contributed by atoms with Gasteiger partial charge in [0.1, 0.15) is 0 Å². The van der Waals surface area contributed by atoms with E-state index in [1.54, 1.807) is 23.7 Å². The molecule has 156 valence electrons. The highest BCUT2D eigenvalue weighted by molar-refractivity contribution is 7.93. The molecule has 2 aromatic heterocycles. The fourth-order valence-corrected chi connectivity index (χ4v) is 5.98. The fourth-order valence-electron chi connectivity index (χ4n) is 3.96. The first-order valence-electron chi connectivity index (χ1n) is 9.54. The number of sulfonamides is 1. The molecule has 5 rings (SSSR count). The van der Waals surface area contributed by atoms with E-state index in [1.807, 2.05) is 24.3 Å². The monoisotopic (exact) mass is 460 g/mol. The van der Waals surface area contributed by atoms with E-state index in [4.69, 9.17) is 11.6 Å². The van der Waals surface area contributed by atoms with Crippen molar-refractivity contribution < 1.29 is 9.84 Å². The van der Waals surface area contributed by atoms with Crippen LogP contribution < -0.4 is 9.62 Å². The van der Waals surface area contributed by atoms with Crippen molar-refractivity contribution in [2.24, 2.45) is 0 Å². The molecule has 0 amide bonds. The van der Waals surface area contributed by atoms with Crippen LogP contribution in [-0.4, -0.2) is 31.1 Å². The lowest BCUT2D eigenvalue weighted by Gasteiger charge is -2.20. The minimum absolute atomic E-state index is 0. The Kier molecular flexibility index (Phi) is 4.92. The zero-order valence-corrected chi connectivity index (χ0v) is 18.3. The van der Waals surface area contributed by atoms with E-state index in [2.05, 4.69) is 37.5 Å². The van der Waals surface area contributed by atoms with Gasteiger partial charge in [-0.05, 0) is 48.9 Å². The lowest BCUT2D eigenvalue weighted by Crippen LogP contribution is -2.21. The highest BCUT2D eigenvalue weighted by Crippen LogP contribution is 2.32. The van der Waals surface area contributed by atoms with Crippen molar-refractivity contribution in [3.8, 4) is 0 Å². The van der Waals surface area contributed by atoms with Crippen LogP contribution in [0.25, 0.3) is 10.9 Å². The summed E-state index contributed by atoms with van der Waals surface area (Å²) in [6.45, 7) is 1.77. The third-order valence-electron chi connectivity index (χ3n) is 5.43. The van der Waals surface area contributed by atoms with Crippen LogP contribution in [0.5, 0.6) is 0 Å². The Morgan fingerprint density at radius 1 is 1.17 bits per heavy atom. The molecule has 6 nitrogen and oxygen atoms in total. The summed E-state index contributed by atoms with van der Waals surface area (Å²) in [5.74, 6) is 0. The Balaban J connectivity index is 0.00000231. The highest BCUT2D eigenvalue weighted by atomic mass is 35.5. The van der Waals surface area contributed by atoms with Gasteiger partial charge in [-0.25, -0.2) is 13.4 Å². The Morgan fingerprint density at radius 3 is 2.77 bits per heavy atom. The van der Waals surface area contributed by atoms with Crippen molar-refractivity contribution >= 4 is 54.7 Å². The van der Waals surface area contributed by atoms with Gasteiger partial charge in [-0.15, -0.1) is 11.3 Å². The van der Waals surface area contributed by atoms with Crippen LogP contribution in [0.3, 0.4) is 0 Å². The Hall–Kier alpha value is -2.55. The van der Waals surface area contributed by atoms with Gasteiger partial charge in [-0.2, -0.15) is 0 Å². The highest BCUT2D eigenvalue weighted by Gasteiger charge is 2.25. The van der Waals surface area contributed by atoms with Gasteiger partial charge < -0.3 is 9.47 Å². The molecule has 0 spiro atoms. The first kappa shape index (κ1) is 19.4. The minimum atomic E-state index is -3.64. The summed E-state index contributed by atoms with van der Waals surface area (Å²) in [6, 6.07) is 15.4. The first-order chi connectivity index (χ1) is 14.5. The molecule has 1 N–H and O–H groups in total. The number of aromatic nitrogens is 2. The van der Waals surface area contributed by atoms with Crippen molar-refractivity contribution in [3.05, 3.63) is 71.3 Å². The van der Waals surface area contributed by atoms with Gasteiger partial charge in [0.2, 0.25) is 0 Å². The number of halogens is 1. The number of nitrogens with one attached hydrogen (secondary N) is 1. The van der Waals surface area contributed by atoms with Gasteiger partial charge in [0.05, 0.1) is 10.9 Å². The number of anilines is 2. The van der Waals surface area contributed by atoms with Gasteiger partial charge >= 0.3 is 0 Å². The predicted molar refractivity (Wildman–Crippen MR) is 124 cm³/mol. The standard InChI is InChI=1S/C21H19ClN4O2S2.H2/c22-19-2-1-3-20-18(19)9-12-26(20)16-8-11-25(14-16)15-4-6-17(7-5-15)30(27,28)24-21-23-10-13-29-21;/h1-7,9-10,12-13,16H,8,11,14H2,(H,23,24);1H/t16-;/m0./s1. The summed E-state index contributed by atoms with van der Waals surface area (Å²) in [5, 5.41) is 3.93. The van der Waals surface area contributed by atoms with E-state index < -0.39 is 10.0 Å². The largest absolute Gasteiger partial charge is 0.369 e. The van der Waals surface area contributed by atoms with Crippen LogP contribution in [0.15, 0.2) is 71.2 Å². The van der Waals surface area contributed by atoms with E-state index in [9.17, 15) is 8.42 Å². The van der Waals surface area contributed by atoms with Crippen molar-refractivity contribution in [2.75, 3.05) is 22.7 Å². The van der Waals surface area contributed by atoms with Crippen LogP contribution in [0.4, 0.5) is 10.8 Å². The normalized spacial score (nSPS) is 17.0. The molecule has 0 unspecified atom stereocenters. The summed E-state index contributed by atoms with van der Waals surface area (Å²) in [4.78, 5) is 6.49. The van der Waals surface area contributed by atoms with Crippen LogP contribution >= 0.6 is 22.9 Å². The maximum atomic E-state index is 12.5. The zero-order valence-electron chi connectivity index (χ0n) is 15.9. The average Bonchev–Trinajstić information content (AvgIpc) is 3.48. The Bertz CT molecular complexity index is 1290. The van der Waals surface area contributed by atoms with Crippen LogP contribution in [0.2, 0.25) is 5.02 Å². The number of fused-ring (bicyclic) bond motifs is 1. The molecule has 0 saturated carbocycles. The van der Waals surface area contributed by atoms with Crippen molar-refractivity contribution in [3.63, 3.8) is 0 Å². The molecule has 3 heterocycles. The Morgan fingerprint density at radius 2 is 2.00 bits per heavy atom. The molecule has 1 aliphatic rings. The second-order valence-electron chi connectivity index (χ2n) is 7.22. The number of benzene rings is 2. The summed E-state index contributed by atoms with van der Waals surface area (Å²) in [5.41, 5.74) is 2.16. The van der Waals surface area contributed by atoms with Gasteiger partial charge in [-0.3, -0.25) is 4.72 Å². The lowest BCUT2D eigenvalue weighted by molar-refractivity contribution is 0.571. The molecule has 1 saturated heterocycles. The second kappa shape index (κ2) is 7.61. The molecule has 0 aliphatic carbocycles. The van der Waals surface area contributed by atoms with E-state index >= 15 is 0 Å². The predicted octanol–water partition coefficient (Wildman–Crippen LogP) is 5.25. The molecule has 0 radical (unpaired) electrons. The third-order valence-corrected chi connectivity index (χ3v) is 7.93. The molecule has 1 fully saturated rings. The summed E-state index contributed by atoms with van der Waals surface area (Å²) in [6.07, 6.45) is 4.68. The molecular formula is C21H21ClN4O2S2. The third kappa shape index (κ3) is 3.55. The molecule has 2 aromatic carbocycles. The van der Waals surface area contributed by atoms with E-state index in [0.29, 0.717) is 11.2 Å². The van der Waals surface area contributed by atoms with Gasteiger partial charge in [0.15, 0.2) is 5.13 Å². The second-order valence-corrected chi connectivity index (χ2v) is 10.2. The minimum Gasteiger partial charge on any atom is -0.369 e. The molecule has 4 aromatic rings. The fraction of sp³-hybridized carbons (Fsp3) is 0.190. The maximum absolute atomic E-state index is 12.5. The van der Waals surface area contributed by atoms with Crippen molar-refractivity contribution in [1.82, 2.24) is 9.55 Å². The molecule has 0 bridgehead atoms. The van der Waals surface area contributed by atoms with Gasteiger partial charge in [0.25, 0.3) is 10.0 Å². The van der Waals surface area contributed by atoms with Crippen molar-refractivity contribution in [1.29, 1.82) is 0 Å². The van der Waals surface area contributed by atoms with E-state index in [-0.39, 0.29) is 6.32 Å². The molecule has 9 heteroatoms. The Labute approximate surface area is 185 Å². The van der Waals surface area contributed by atoms with Crippen LogP contribution in [0.1, 0.15) is 13.9 Å². The molecule has 30 heavy (non-hydrogen) atoms. The van der Waals surface area contributed by atoms with Crippen LogP contribution in [-0.2, 0) is 10.0 Å². The number of hydrogen-bond donors (Lipinski definition) is 1. The summed E-state index contributed by atoms with van der Waals surface area (Å²) < 4.78 is 29.8. The smallest absolute Gasteiger partial charge is 0.263 e. The van der Waals surface area contributed by atoms with Gasteiger partial charge in [0, 0.05) is 53.9 Å². The number of thiazole rings is 1. The number of rotatable bonds is 5. The average molecular weight is 461 g/mol. The summed E-state index contributed by atoms with van der Waals surface area (Å²) in [7, 11) is -3.64. The van der Waals surface area contributed by atoms with Crippen LogP contribution in [0, 0.1) is 0 Å².